The Balaban J connectivity index is 2.30. The summed E-state index contributed by atoms with van der Waals surface area (Å²) in [6, 6.07) is 12.3. The maximum Gasteiger partial charge on any atom is 0.0316 e. The lowest BCUT2D eigenvalue weighted by molar-refractivity contribution is 0.485. The van der Waals surface area contributed by atoms with E-state index in [-0.39, 0.29) is 5.41 Å². The average molecular weight is 246 g/mol. The van der Waals surface area contributed by atoms with E-state index >= 15 is 0 Å². The Bertz CT molecular complexity index is 479. The predicted octanol–water partition coefficient (Wildman–Crippen LogP) is 2.79. The first-order valence-corrected chi connectivity index (χ1v) is 6.60. The molecule has 0 spiro atoms. The van der Waals surface area contributed by atoms with Crippen LogP contribution in [0, 0.1) is 0 Å². The summed E-state index contributed by atoms with van der Waals surface area (Å²) in [5.41, 5.74) is 13.8. The van der Waals surface area contributed by atoms with Gasteiger partial charge in [0.15, 0.2) is 0 Å². The van der Waals surface area contributed by atoms with Crippen molar-refractivity contribution in [2.75, 3.05) is 12.3 Å². The highest BCUT2D eigenvalue weighted by Gasteiger charge is 2.25. The third-order valence-corrected chi connectivity index (χ3v) is 4.05. The van der Waals surface area contributed by atoms with Gasteiger partial charge in [-0.2, -0.15) is 0 Å². The van der Waals surface area contributed by atoms with Gasteiger partial charge in [-0.15, -0.1) is 11.3 Å². The van der Waals surface area contributed by atoms with E-state index in [0.717, 1.165) is 12.1 Å². The van der Waals surface area contributed by atoms with E-state index in [4.69, 9.17) is 11.5 Å². The molecule has 1 aromatic carbocycles. The summed E-state index contributed by atoms with van der Waals surface area (Å²) in [5.74, 6) is 0. The molecule has 0 amide bonds. The monoisotopic (exact) mass is 246 g/mol. The van der Waals surface area contributed by atoms with Crippen molar-refractivity contribution in [3.8, 4) is 0 Å². The van der Waals surface area contributed by atoms with Crippen molar-refractivity contribution in [1.29, 1.82) is 0 Å². The average Bonchev–Trinajstić information content (AvgIpc) is 2.81. The van der Waals surface area contributed by atoms with E-state index in [1.807, 2.05) is 18.2 Å². The van der Waals surface area contributed by atoms with Gasteiger partial charge in [-0.3, -0.25) is 0 Å². The molecule has 1 unspecified atom stereocenters. The topological polar surface area (TPSA) is 52.0 Å². The Labute approximate surface area is 106 Å². The highest BCUT2D eigenvalue weighted by Crippen LogP contribution is 2.29. The van der Waals surface area contributed by atoms with Gasteiger partial charge in [0.1, 0.15) is 0 Å². The molecule has 1 aromatic heterocycles. The van der Waals surface area contributed by atoms with Crippen LogP contribution in [0.1, 0.15) is 17.4 Å². The van der Waals surface area contributed by atoms with E-state index in [1.54, 1.807) is 11.3 Å². The Kier molecular flexibility index (Phi) is 3.50. The molecule has 2 rings (SSSR count). The molecule has 90 valence electrons. The minimum absolute atomic E-state index is 0.0414. The summed E-state index contributed by atoms with van der Waals surface area (Å²) in [5, 5.41) is 2.10. The first-order chi connectivity index (χ1) is 8.14. The SMILES string of the molecule is CC(CN)(Cc1cccs1)c1cccc(N)c1. The van der Waals surface area contributed by atoms with Gasteiger partial charge in [-0.25, -0.2) is 0 Å². The normalized spacial score (nSPS) is 14.5. The zero-order valence-corrected chi connectivity index (χ0v) is 10.8. The lowest BCUT2D eigenvalue weighted by Crippen LogP contribution is -2.34. The number of thiophene rings is 1. The zero-order valence-electron chi connectivity index (χ0n) is 10.0. The Hall–Kier alpha value is -1.32. The van der Waals surface area contributed by atoms with Crippen LogP contribution >= 0.6 is 11.3 Å². The molecule has 2 nitrogen and oxygen atoms in total. The maximum absolute atomic E-state index is 5.97. The van der Waals surface area contributed by atoms with Crippen molar-refractivity contribution in [2.45, 2.75) is 18.8 Å². The van der Waals surface area contributed by atoms with E-state index in [1.165, 1.54) is 10.4 Å². The van der Waals surface area contributed by atoms with Crippen molar-refractivity contribution in [3.63, 3.8) is 0 Å². The Morgan fingerprint density at radius 1 is 1.24 bits per heavy atom. The summed E-state index contributed by atoms with van der Waals surface area (Å²) >= 11 is 1.78. The van der Waals surface area contributed by atoms with E-state index < -0.39 is 0 Å². The number of nitrogen functional groups attached to an aromatic ring is 1. The van der Waals surface area contributed by atoms with Gasteiger partial charge in [0.05, 0.1) is 0 Å². The molecule has 4 N–H and O–H groups in total. The molecular weight excluding hydrogens is 228 g/mol. The second-order valence-electron chi connectivity index (χ2n) is 4.65. The third-order valence-electron chi connectivity index (χ3n) is 3.18. The molecule has 0 bridgehead atoms. The highest BCUT2D eigenvalue weighted by atomic mass is 32.1. The van der Waals surface area contributed by atoms with Crippen LogP contribution in [-0.4, -0.2) is 6.54 Å². The lowest BCUT2D eigenvalue weighted by Gasteiger charge is -2.28. The van der Waals surface area contributed by atoms with E-state index in [9.17, 15) is 0 Å². The smallest absolute Gasteiger partial charge is 0.0316 e. The molecule has 0 fully saturated rings. The minimum atomic E-state index is -0.0414. The predicted molar refractivity (Wildman–Crippen MR) is 75.3 cm³/mol. The van der Waals surface area contributed by atoms with Crippen LogP contribution < -0.4 is 11.5 Å². The molecule has 0 aliphatic carbocycles. The molecule has 1 heterocycles. The van der Waals surface area contributed by atoms with Gasteiger partial charge >= 0.3 is 0 Å². The summed E-state index contributed by atoms with van der Waals surface area (Å²) in [4.78, 5) is 1.36. The number of hydrogen-bond donors (Lipinski definition) is 2. The van der Waals surface area contributed by atoms with Gasteiger partial charge in [0, 0.05) is 22.5 Å². The Morgan fingerprint density at radius 3 is 2.65 bits per heavy atom. The minimum Gasteiger partial charge on any atom is -0.399 e. The van der Waals surface area contributed by atoms with Crippen molar-refractivity contribution < 1.29 is 0 Å². The molecule has 17 heavy (non-hydrogen) atoms. The fourth-order valence-electron chi connectivity index (χ4n) is 2.00. The van der Waals surface area contributed by atoms with Gasteiger partial charge < -0.3 is 11.5 Å². The fraction of sp³-hybridized carbons (Fsp3) is 0.286. The molecule has 3 heteroatoms. The number of nitrogens with two attached hydrogens (primary N) is 2. The van der Waals surface area contributed by atoms with Crippen LogP contribution in [0.2, 0.25) is 0 Å². The van der Waals surface area contributed by atoms with Crippen molar-refractivity contribution in [2.24, 2.45) is 5.73 Å². The standard InChI is InChI=1S/C14H18N2S/c1-14(10-15,9-13-6-3-7-17-13)11-4-2-5-12(16)8-11/h2-8H,9-10,15-16H2,1H3. The van der Waals surface area contributed by atoms with Gasteiger partial charge in [0.2, 0.25) is 0 Å². The lowest BCUT2D eigenvalue weighted by atomic mass is 9.79. The number of benzene rings is 1. The first-order valence-electron chi connectivity index (χ1n) is 5.72. The molecular formula is C14H18N2S. The molecule has 0 saturated heterocycles. The van der Waals surface area contributed by atoms with Crippen LogP contribution in [0.15, 0.2) is 41.8 Å². The van der Waals surface area contributed by atoms with Crippen molar-refractivity contribution >= 4 is 17.0 Å². The summed E-state index contributed by atoms with van der Waals surface area (Å²) < 4.78 is 0. The molecule has 0 saturated carbocycles. The first kappa shape index (κ1) is 12.1. The maximum atomic E-state index is 5.97. The molecule has 0 aliphatic heterocycles. The third kappa shape index (κ3) is 2.68. The second-order valence-corrected chi connectivity index (χ2v) is 5.68. The van der Waals surface area contributed by atoms with Gasteiger partial charge in [-0.1, -0.05) is 25.1 Å². The molecule has 1 atom stereocenters. The van der Waals surface area contributed by atoms with Gasteiger partial charge in [-0.05, 0) is 35.6 Å². The number of rotatable bonds is 4. The van der Waals surface area contributed by atoms with Crippen LogP contribution in [0.4, 0.5) is 5.69 Å². The van der Waals surface area contributed by atoms with E-state index in [0.29, 0.717) is 6.54 Å². The van der Waals surface area contributed by atoms with Crippen LogP contribution in [0.3, 0.4) is 0 Å². The quantitative estimate of drug-likeness (QED) is 0.815. The van der Waals surface area contributed by atoms with Gasteiger partial charge in [0.25, 0.3) is 0 Å². The molecule has 0 aliphatic rings. The van der Waals surface area contributed by atoms with E-state index in [2.05, 4.69) is 30.5 Å². The molecule has 2 aromatic rings. The highest BCUT2D eigenvalue weighted by molar-refractivity contribution is 7.09. The summed E-state index contributed by atoms with van der Waals surface area (Å²) in [6.45, 7) is 2.82. The zero-order chi connectivity index (χ0) is 12.3. The number of anilines is 1. The summed E-state index contributed by atoms with van der Waals surface area (Å²) in [6.07, 6.45) is 0.963. The fourth-order valence-corrected chi connectivity index (χ4v) is 2.89. The van der Waals surface area contributed by atoms with Crippen molar-refractivity contribution in [3.05, 3.63) is 52.2 Å². The van der Waals surface area contributed by atoms with Crippen LogP contribution in [-0.2, 0) is 11.8 Å². The van der Waals surface area contributed by atoms with Crippen LogP contribution in [0.25, 0.3) is 0 Å². The largest absolute Gasteiger partial charge is 0.399 e. The molecule has 0 radical (unpaired) electrons. The van der Waals surface area contributed by atoms with Crippen LogP contribution in [0.5, 0.6) is 0 Å². The van der Waals surface area contributed by atoms with Crippen molar-refractivity contribution in [1.82, 2.24) is 0 Å². The second kappa shape index (κ2) is 4.90. The Morgan fingerprint density at radius 2 is 2.06 bits per heavy atom. The number of hydrogen-bond acceptors (Lipinski definition) is 3. The summed E-state index contributed by atoms with van der Waals surface area (Å²) in [7, 11) is 0.